The monoisotopic (exact) mass is 491 g/mol. The molecule has 0 aliphatic heterocycles. The maximum absolute atomic E-state index is 0. The molecule has 0 saturated carbocycles. The van der Waals surface area contributed by atoms with Crippen LogP contribution in [-0.2, 0) is 21.1 Å². The van der Waals surface area contributed by atoms with Gasteiger partial charge in [0.05, 0.1) is 0 Å². The summed E-state index contributed by atoms with van der Waals surface area (Å²) in [7, 11) is 0. The van der Waals surface area contributed by atoms with Gasteiger partial charge in [-0.15, -0.1) is 74.4 Å². The molecule has 0 N–H and O–H groups in total. The first-order valence-corrected chi connectivity index (χ1v) is 0. The van der Waals surface area contributed by atoms with Crippen LogP contribution in [0.2, 0.25) is 0 Å². The molecule has 0 saturated heterocycles. The molecule has 0 aliphatic rings. The van der Waals surface area contributed by atoms with Crippen molar-refractivity contribution in [1.29, 1.82) is 0 Å². The van der Waals surface area contributed by atoms with Gasteiger partial charge >= 0.3 is 103 Å². The molecule has 0 fully saturated rings. The van der Waals surface area contributed by atoms with E-state index in [0.717, 1.165) is 0 Å². The summed E-state index contributed by atoms with van der Waals surface area (Å²) in [6.45, 7) is 0. The van der Waals surface area contributed by atoms with Gasteiger partial charge < -0.3 is 2.85 Å². The molecule has 0 aromatic heterocycles. The zero-order chi connectivity index (χ0) is 0. The number of hydrogen-bond acceptors (Lipinski definition) is 0. The quantitative estimate of drug-likeness (QED) is 0.311. The van der Waals surface area contributed by atoms with Crippen LogP contribution in [0.3, 0.4) is 0 Å². The summed E-state index contributed by atoms with van der Waals surface area (Å²) in [6.07, 6.45) is 0. The molecule has 0 spiro atoms. The molecule has 0 radical (unpaired) electrons. The van der Waals surface area contributed by atoms with Crippen LogP contribution in [-0.4, -0.2) is 0 Å². The second-order valence-electron chi connectivity index (χ2n) is 0. The maximum atomic E-state index is 0. The summed E-state index contributed by atoms with van der Waals surface area (Å²) in [5.74, 6) is 0. The molecular weight excluding hydrogens is 486 g/mol. The Kier molecular flexibility index (Phi) is 642. The SMILES string of the molecule is Cl.Cl.Cl.Cl.Cl.Cl.[H-].[H-].[K+].[K+].[Pt]. The van der Waals surface area contributed by atoms with Crippen LogP contribution in [0, 0.1) is 0 Å². The van der Waals surface area contributed by atoms with Gasteiger partial charge in [-0.25, -0.2) is 0 Å². The largest absolute Gasteiger partial charge is 1.00 e. The summed E-state index contributed by atoms with van der Waals surface area (Å²) >= 11 is 0. The van der Waals surface area contributed by atoms with Crippen molar-refractivity contribution < 1.29 is 127 Å². The molecule has 0 amide bonds. The minimum Gasteiger partial charge on any atom is -1.00 e. The van der Waals surface area contributed by atoms with E-state index in [2.05, 4.69) is 0 Å². The van der Waals surface area contributed by atoms with Crippen molar-refractivity contribution in [2.75, 3.05) is 0 Å². The molecule has 9 heteroatoms. The average molecular weight is 494 g/mol. The predicted molar refractivity (Wildman–Crippen MR) is 45.7 cm³/mol. The Morgan fingerprint density at radius 2 is 0.444 bits per heavy atom. The van der Waals surface area contributed by atoms with E-state index in [1.54, 1.807) is 0 Å². The van der Waals surface area contributed by atoms with E-state index in [1.807, 2.05) is 0 Å². The second kappa shape index (κ2) is 68.0. The average Bonchev–Trinajstić information content (AvgIpc) is 0. The zero-order valence-electron chi connectivity index (χ0n) is 6.77. The van der Waals surface area contributed by atoms with Gasteiger partial charge in [0, 0.05) is 21.1 Å². The fourth-order valence-electron chi connectivity index (χ4n) is 0. The fourth-order valence-corrected chi connectivity index (χ4v) is 0. The van der Waals surface area contributed by atoms with E-state index >= 15 is 0 Å². The van der Waals surface area contributed by atoms with Gasteiger partial charge in [0.2, 0.25) is 0 Å². The van der Waals surface area contributed by atoms with Crippen LogP contribution in [0.4, 0.5) is 0 Å². The van der Waals surface area contributed by atoms with Gasteiger partial charge in [-0.2, -0.15) is 0 Å². The number of rotatable bonds is 0. The Hall–Kier alpha value is 5.70. The van der Waals surface area contributed by atoms with Crippen LogP contribution in [0.25, 0.3) is 0 Å². The Balaban J connectivity index is 0. The van der Waals surface area contributed by atoms with Crippen LogP contribution in [0.15, 0.2) is 0 Å². The minimum atomic E-state index is 0. The van der Waals surface area contributed by atoms with Crippen molar-refractivity contribution in [2.45, 2.75) is 0 Å². The van der Waals surface area contributed by atoms with Crippen molar-refractivity contribution >= 4 is 74.4 Å². The Morgan fingerprint density at radius 1 is 0.444 bits per heavy atom. The minimum absolute atomic E-state index is 0. The third-order valence-corrected chi connectivity index (χ3v) is 0. The van der Waals surface area contributed by atoms with Gasteiger partial charge in [0.1, 0.15) is 0 Å². The van der Waals surface area contributed by atoms with Gasteiger partial charge in [-0.3, -0.25) is 0 Å². The van der Waals surface area contributed by atoms with Crippen LogP contribution < -0.4 is 103 Å². The summed E-state index contributed by atoms with van der Waals surface area (Å²) in [5, 5.41) is 0. The van der Waals surface area contributed by atoms with Crippen LogP contribution in [0.5, 0.6) is 0 Å². The molecule has 9 heavy (non-hydrogen) atoms. The first kappa shape index (κ1) is 84.9. The number of hydrogen-bond donors (Lipinski definition) is 0. The first-order valence-electron chi connectivity index (χ1n) is 0. The number of halogens is 6. The smallest absolute Gasteiger partial charge is 1.00 e. The third-order valence-electron chi connectivity index (χ3n) is 0. The summed E-state index contributed by atoms with van der Waals surface area (Å²) in [6, 6.07) is 0. The Bertz CT molecular complexity index is 18.5. The van der Waals surface area contributed by atoms with E-state index in [0.29, 0.717) is 0 Å². The van der Waals surface area contributed by atoms with E-state index in [9.17, 15) is 0 Å². The predicted octanol–water partition coefficient (Wildman–Crippen LogP) is -3.24. The van der Waals surface area contributed by atoms with Gasteiger partial charge in [-0.1, -0.05) is 0 Å². The molecule has 0 nitrogen and oxygen atoms in total. The zero-order valence-corrected chi connectivity index (χ0v) is 18.2. The molecule has 0 atom stereocenters. The van der Waals surface area contributed by atoms with E-state index in [1.165, 1.54) is 0 Å². The molecule has 0 aliphatic carbocycles. The van der Waals surface area contributed by atoms with Crippen molar-refractivity contribution in [2.24, 2.45) is 0 Å². The molecule has 62 valence electrons. The van der Waals surface area contributed by atoms with Crippen molar-refractivity contribution in [3.63, 3.8) is 0 Å². The fraction of sp³-hybridized carbons (Fsp3) is 0. The van der Waals surface area contributed by atoms with Crippen LogP contribution >= 0.6 is 74.4 Å². The standard InChI is InChI=1S/6ClH.2K.Pt.2H/h6*1H;;;;;/q;;;;;;2*+1;;2*-1. The van der Waals surface area contributed by atoms with Gasteiger partial charge in [-0.05, 0) is 0 Å². The molecule has 0 heterocycles. The molecule has 0 bridgehead atoms. The first-order chi connectivity index (χ1) is 0. The summed E-state index contributed by atoms with van der Waals surface area (Å²) in [5.41, 5.74) is 0. The Morgan fingerprint density at radius 3 is 0.444 bits per heavy atom. The second-order valence-corrected chi connectivity index (χ2v) is 0. The topological polar surface area (TPSA) is 0 Å². The van der Waals surface area contributed by atoms with Gasteiger partial charge in [0.25, 0.3) is 0 Å². The van der Waals surface area contributed by atoms with E-state index in [4.69, 9.17) is 0 Å². The maximum Gasteiger partial charge on any atom is 1.00 e. The molecule has 0 rings (SSSR count). The normalized spacial score (nSPS) is 0. The van der Waals surface area contributed by atoms with Crippen molar-refractivity contribution in [3.8, 4) is 0 Å². The molecule has 0 aromatic carbocycles. The molecule has 0 unspecified atom stereocenters. The molecule has 0 aromatic rings. The summed E-state index contributed by atoms with van der Waals surface area (Å²) in [4.78, 5) is 0. The van der Waals surface area contributed by atoms with Crippen molar-refractivity contribution in [1.82, 2.24) is 0 Å². The van der Waals surface area contributed by atoms with Crippen LogP contribution in [0.1, 0.15) is 2.85 Å². The van der Waals surface area contributed by atoms with Crippen molar-refractivity contribution in [3.05, 3.63) is 0 Å². The molecular formula is H8Cl6K2Pt. The van der Waals surface area contributed by atoms with Gasteiger partial charge in [0.15, 0.2) is 0 Å². The van der Waals surface area contributed by atoms with E-state index < -0.39 is 0 Å². The van der Waals surface area contributed by atoms with E-state index in [-0.39, 0.29) is 201 Å². The summed E-state index contributed by atoms with van der Waals surface area (Å²) < 4.78 is 0. The third kappa shape index (κ3) is 57.7. The Labute approximate surface area is 195 Å².